The predicted octanol–water partition coefficient (Wildman–Crippen LogP) is 3.51. The standard InChI is InChI=1S/C12H6BrF3N2O/c13-7-1-6(4-17-5-7)12(19)18-10-3-8(14)2-9(15)11(10)16/h1-5H,(H,18,19). The molecular formula is C12H6BrF3N2O. The van der Waals surface area contributed by atoms with E-state index in [9.17, 15) is 18.0 Å². The lowest BCUT2D eigenvalue weighted by Gasteiger charge is -2.07. The molecule has 0 spiro atoms. The minimum Gasteiger partial charge on any atom is -0.319 e. The van der Waals surface area contributed by atoms with Crippen LogP contribution in [0.1, 0.15) is 10.4 Å². The Labute approximate surface area is 114 Å². The number of carbonyl (C=O) groups excluding carboxylic acids is 1. The molecule has 0 saturated heterocycles. The molecule has 3 nitrogen and oxygen atoms in total. The molecule has 1 heterocycles. The highest BCUT2D eigenvalue weighted by Gasteiger charge is 2.14. The molecule has 7 heteroatoms. The van der Waals surface area contributed by atoms with Crippen LogP contribution in [0, 0.1) is 17.5 Å². The molecule has 0 aliphatic rings. The lowest BCUT2D eigenvalue weighted by atomic mass is 10.2. The van der Waals surface area contributed by atoms with Gasteiger partial charge in [0, 0.05) is 29.0 Å². The fraction of sp³-hybridized carbons (Fsp3) is 0. The van der Waals surface area contributed by atoms with Gasteiger partial charge in [-0.15, -0.1) is 0 Å². The zero-order chi connectivity index (χ0) is 14.0. The first-order valence-electron chi connectivity index (χ1n) is 5.04. The SMILES string of the molecule is O=C(Nc1cc(F)cc(F)c1F)c1cncc(Br)c1. The number of carbonyl (C=O) groups is 1. The van der Waals surface area contributed by atoms with Crippen LogP contribution in [0.3, 0.4) is 0 Å². The highest BCUT2D eigenvalue weighted by atomic mass is 79.9. The normalized spacial score (nSPS) is 10.3. The molecule has 0 aliphatic carbocycles. The van der Waals surface area contributed by atoms with Gasteiger partial charge in [0.05, 0.1) is 11.3 Å². The Kier molecular flexibility index (Phi) is 3.84. The number of nitrogens with zero attached hydrogens (tertiary/aromatic N) is 1. The van der Waals surface area contributed by atoms with Crippen molar-refractivity contribution in [3.05, 3.63) is 58.1 Å². The van der Waals surface area contributed by atoms with Crippen LogP contribution in [0.4, 0.5) is 18.9 Å². The maximum Gasteiger partial charge on any atom is 0.257 e. The van der Waals surface area contributed by atoms with E-state index in [1.165, 1.54) is 18.5 Å². The summed E-state index contributed by atoms with van der Waals surface area (Å²) in [6.45, 7) is 0. The van der Waals surface area contributed by atoms with Gasteiger partial charge in [-0.25, -0.2) is 13.2 Å². The number of rotatable bonds is 2. The van der Waals surface area contributed by atoms with E-state index in [0.717, 1.165) is 0 Å². The molecular weight excluding hydrogens is 325 g/mol. The van der Waals surface area contributed by atoms with Gasteiger partial charge in [-0.05, 0) is 22.0 Å². The molecule has 0 aliphatic heterocycles. The summed E-state index contributed by atoms with van der Waals surface area (Å²) in [6.07, 6.45) is 2.70. The number of hydrogen-bond acceptors (Lipinski definition) is 2. The van der Waals surface area contributed by atoms with Crippen molar-refractivity contribution in [2.45, 2.75) is 0 Å². The van der Waals surface area contributed by atoms with Crippen LogP contribution in [-0.4, -0.2) is 10.9 Å². The topological polar surface area (TPSA) is 42.0 Å². The molecule has 1 N–H and O–H groups in total. The van der Waals surface area contributed by atoms with Crippen LogP contribution in [-0.2, 0) is 0 Å². The van der Waals surface area contributed by atoms with E-state index in [4.69, 9.17) is 0 Å². The molecule has 19 heavy (non-hydrogen) atoms. The van der Waals surface area contributed by atoms with Gasteiger partial charge in [-0.1, -0.05) is 0 Å². The largest absolute Gasteiger partial charge is 0.319 e. The van der Waals surface area contributed by atoms with Gasteiger partial charge in [0.25, 0.3) is 5.91 Å². The zero-order valence-electron chi connectivity index (χ0n) is 9.25. The molecule has 2 aromatic rings. The van der Waals surface area contributed by atoms with Gasteiger partial charge in [-0.2, -0.15) is 0 Å². The molecule has 0 unspecified atom stereocenters. The Morgan fingerprint density at radius 1 is 1.16 bits per heavy atom. The van der Waals surface area contributed by atoms with Gasteiger partial charge in [-0.3, -0.25) is 9.78 Å². The summed E-state index contributed by atoms with van der Waals surface area (Å²) < 4.78 is 39.8. The molecule has 98 valence electrons. The number of aromatic nitrogens is 1. The third-order valence-electron chi connectivity index (χ3n) is 2.21. The minimum absolute atomic E-state index is 0.124. The predicted molar refractivity (Wildman–Crippen MR) is 66.2 cm³/mol. The lowest BCUT2D eigenvalue weighted by molar-refractivity contribution is 0.102. The Morgan fingerprint density at radius 2 is 1.89 bits per heavy atom. The number of hydrogen-bond donors (Lipinski definition) is 1. The summed E-state index contributed by atoms with van der Waals surface area (Å²) in [7, 11) is 0. The van der Waals surface area contributed by atoms with Crippen molar-refractivity contribution in [3.63, 3.8) is 0 Å². The summed E-state index contributed by atoms with van der Waals surface area (Å²) in [6, 6.07) is 2.53. The number of pyridine rings is 1. The first-order valence-corrected chi connectivity index (χ1v) is 5.83. The second kappa shape index (κ2) is 5.40. The van der Waals surface area contributed by atoms with Crippen molar-refractivity contribution in [3.8, 4) is 0 Å². The summed E-state index contributed by atoms with van der Waals surface area (Å²) in [4.78, 5) is 15.5. The number of benzene rings is 1. The Balaban J connectivity index is 2.29. The highest BCUT2D eigenvalue weighted by molar-refractivity contribution is 9.10. The summed E-state index contributed by atoms with van der Waals surface area (Å²) in [5.74, 6) is -4.40. The molecule has 1 aromatic carbocycles. The van der Waals surface area contributed by atoms with E-state index in [1.54, 1.807) is 0 Å². The van der Waals surface area contributed by atoms with E-state index in [-0.39, 0.29) is 5.56 Å². The Morgan fingerprint density at radius 3 is 2.58 bits per heavy atom. The third-order valence-corrected chi connectivity index (χ3v) is 2.64. The number of amides is 1. The molecule has 0 atom stereocenters. The van der Waals surface area contributed by atoms with Crippen LogP contribution >= 0.6 is 15.9 Å². The molecule has 0 fully saturated rings. The number of nitrogens with one attached hydrogen (secondary N) is 1. The maximum atomic E-state index is 13.4. The van der Waals surface area contributed by atoms with Gasteiger partial charge in [0.1, 0.15) is 5.82 Å². The molecule has 0 saturated carbocycles. The van der Waals surface area contributed by atoms with E-state index in [1.807, 2.05) is 0 Å². The minimum atomic E-state index is -1.37. The molecule has 1 amide bonds. The Bertz CT molecular complexity index is 649. The zero-order valence-corrected chi connectivity index (χ0v) is 10.8. The van der Waals surface area contributed by atoms with Gasteiger partial charge in [0.15, 0.2) is 11.6 Å². The average molecular weight is 331 g/mol. The van der Waals surface area contributed by atoms with Crippen LogP contribution < -0.4 is 5.32 Å². The van der Waals surface area contributed by atoms with Crippen molar-refractivity contribution in [2.24, 2.45) is 0 Å². The van der Waals surface area contributed by atoms with E-state index in [0.29, 0.717) is 16.6 Å². The monoisotopic (exact) mass is 330 g/mol. The molecule has 1 aromatic heterocycles. The quantitative estimate of drug-likeness (QED) is 0.856. The summed E-state index contributed by atoms with van der Waals surface area (Å²) in [5.41, 5.74) is -0.444. The molecule has 0 radical (unpaired) electrons. The van der Waals surface area contributed by atoms with E-state index < -0.39 is 29.0 Å². The smallest absolute Gasteiger partial charge is 0.257 e. The van der Waals surface area contributed by atoms with Crippen molar-refractivity contribution < 1.29 is 18.0 Å². The maximum absolute atomic E-state index is 13.4. The molecule has 0 bridgehead atoms. The van der Waals surface area contributed by atoms with Crippen LogP contribution in [0.2, 0.25) is 0 Å². The summed E-state index contributed by atoms with van der Waals surface area (Å²) in [5, 5.41) is 2.08. The first kappa shape index (κ1) is 13.5. The number of anilines is 1. The molecule has 2 rings (SSSR count). The lowest BCUT2D eigenvalue weighted by Crippen LogP contribution is -2.14. The van der Waals surface area contributed by atoms with Crippen molar-refractivity contribution >= 4 is 27.5 Å². The van der Waals surface area contributed by atoms with E-state index in [2.05, 4.69) is 26.2 Å². The van der Waals surface area contributed by atoms with Gasteiger partial charge in [0.2, 0.25) is 0 Å². The van der Waals surface area contributed by atoms with Gasteiger partial charge < -0.3 is 5.32 Å². The van der Waals surface area contributed by atoms with E-state index >= 15 is 0 Å². The number of halogens is 4. The van der Waals surface area contributed by atoms with Crippen molar-refractivity contribution in [1.82, 2.24) is 4.98 Å². The average Bonchev–Trinajstić information content (AvgIpc) is 2.35. The second-order valence-electron chi connectivity index (χ2n) is 3.60. The Hall–Kier alpha value is -1.89. The third kappa shape index (κ3) is 3.11. The van der Waals surface area contributed by atoms with Gasteiger partial charge >= 0.3 is 0 Å². The van der Waals surface area contributed by atoms with Crippen LogP contribution in [0.5, 0.6) is 0 Å². The fourth-order valence-electron chi connectivity index (χ4n) is 1.38. The van der Waals surface area contributed by atoms with Crippen LogP contribution in [0.25, 0.3) is 0 Å². The van der Waals surface area contributed by atoms with Crippen molar-refractivity contribution in [1.29, 1.82) is 0 Å². The fourth-order valence-corrected chi connectivity index (χ4v) is 1.74. The van der Waals surface area contributed by atoms with Crippen LogP contribution in [0.15, 0.2) is 35.1 Å². The summed E-state index contributed by atoms with van der Waals surface area (Å²) >= 11 is 3.12. The second-order valence-corrected chi connectivity index (χ2v) is 4.51. The van der Waals surface area contributed by atoms with Crippen molar-refractivity contribution in [2.75, 3.05) is 5.32 Å². The first-order chi connectivity index (χ1) is 8.97. The highest BCUT2D eigenvalue weighted by Crippen LogP contribution is 2.20.